The van der Waals surface area contributed by atoms with Crippen LogP contribution in [0.15, 0.2) is 54.6 Å². The van der Waals surface area contributed by atoms with Crippen molar-refractivity contribution in [3.63, 3.8) is 0 Å². The van der Waals surface area contributed by atoms with E-state index < -0.39 is 47.3 Å². The molecule has 3 N–H and O–H groups in total. The maximum Gasteiger partial charge on any atom is 0.411 e. The standard InChI is InChI=1S/C20H19N3O7/c21-17(24)10-15(13-7-4-8-14(9-13)23(28)29)18(19(25)26)22-16(11-30-20(22)27)12-5-2-1-3-6-12/h1-9,15-16,18H,10-11H2,(H2,21,24)(H,25,26)/t15?,16-,18?/m1/s1. The first-order valence-corrected chi connectivity index (χ1v) is 9.05. The first-order chi connectivity index (χ1) is 14.3. The molecule has 0 radical (unpaired) electrons. The van der Waals surface area contributed by atoms with Gasteiger partial charge in [0.25, 0.3) is 5.69 Å². The Balaban J connectivity index is 2.09. The van der Waals surface area contributed by atoms with Gasteiger partial charge in [-0.2, -0.15) is 0 Å². The Labute approximate surface area is 171 Å². The van der Waals surface area contributed by atoms with E-state index in [9.17, 15) is 29.6 Å². The number of hydrogen-bond donors (Lipinski definition) is 2. The number of cyclic esters (lactones) is 1. The Morgan fingerprint density at radius 3 is 2.53 bits per heavy atom. The number of benzene rings is 2. The quantitative estimate of drug-likeness (QED) is 0.497. The van der Waals surface area contributed by atoms with E-state index in [4.69, 9.17) is 10.5 Å². The summed E-state index contributed by atoms with van der Waals surface area (Å²) >= 11 is 0. The van der Waals surface area contributed by atoms with E-state index in [-0.39, 0.29) is 17.9 Å². The number of nitro groups is 1. The number of aliphatic carboxylic acids is 1. The van der Waals surface area contributed by atoms with Crippen LogP contribution in [-0.4, -0.2) is 45.5 Å². The molecule has 2 aromatic carbocycles. The van der Waals surface area contributed by atoms with Crippen molar-refractivity contribution in [2.24, 2.45) is 5.73 Å². The zero-order chi connectivity index (χ0) is 21.8. The van der Waals surface area contributed by atoms with E-state index in [1.807, 2.05) is 0 Å². The smallest absolute Gasteiger partial charge is 0.411 e. The number of carboxylic acid groups (broad SMARTS) is 1. The predicted molar refractivity (Wildman–Crippen MR) is 103 cm³/mol. The van der Waals surface area contributed by atoms with Crippen molar-refractivity contribution in [2.45, 2.75) is 24.4 Å². The molecule has 2 unspecified atom stereocenters. The lowest BCUT2D eigenvalue weighted by molar-refractivity contribution is -0.384. The molecule has 1 fully saturated rings. The van der Waals surface area contributed by atoms with E-state index in [0.29, 0.717) is 5.56 Å². The second kappa shape index (κ2) is 8.60. The molecule has 2 amide bonds. The normalized spacial score (nSPS) is 17.8. The van der Waals surface area contributed by atoms with Gasteiger partial charge >= 0.3 is 12.1 Å². The molecule has 1 aliphatic rings. The third-order valence-corrected chi connectivity index (χ3v) is 4.96. The fraction of sp³-hybridized carbons (Fsp3) is 0.250. The number of ether oxygens (including phenoxy) is 1. The summed E-state index contributed by atoms with van der Waals surface area (Å²) in [5.41, 5.74) is 5.95. The minimum absolute atomic E-state index is 0.0646. The summed E-state index contributed by atoms with van der Waals surface area (Å²) in [7, 11) is 0. The van der Waals surface area contributed by atoms with E-state index in [1.165, 1.54) is 24.3 Å². The van der Waals surface area contributed by atoms with Gasteiger partial charge in [-0.3, -0.25) is 19.8 Å². The monoisotopic (exact) mass is 413 g/mol. The number of carbonyl (C=O) groups is 3. The van der Waals surface area contributed by atoms with Gasteiger partial charge in [-0.25, -0.2) is 9.59 Å². The molecule has 0 saturated carbocycles. The maximum absolute atomic E-state index is 12.5. The van der Waals surface area contributed by atoms with E-state index in [0.717, 1.165) is 4.90 Å². The molecule has 3 rings (SSSR count). The lowest BCUT2D eigenvalue weighted by Gasteiger charge is -2.33. The third kappa shape index (κ3) is 4.22. The Bertz CT molecular complexity index is 979. The minimum Gasteiger partial charge on any atom is -0.480 e. The molecular weight excluding hydrogens is 394 g/mol. The first kappa shape index (κ1) is 20.8. The number of amides is 2. The van der Waals surface area contributed by atoms with Crippen molar-refractivity contribution in [2.75, 3.05) is 6.61 Å². The Hall–Kier alpha value is -3.95. The Kier molecular flexibility index (Phi) is 5.95. The molecule has 3 atom stereocenters. The van der Waals surface area contributed by atoms with Crippen molar-refractivity contribution in [1.29, 1.82) is 0 Å². The van der Waals surface area contributed by atoms with Crippen LogP contribution in [0.4, 0.5) is 10.5 Å². The van der Waals surface area contributed by atoms with Crippen LogP contribution >= 0.6 is 0 Å². The number of carboxylic acids is 1. The zero-order valence-corrected chi connectivity index (χ0v) is 15.7. The van der Waals surface area contributed by atoms with E-state index >= 15 is 0 Å². The van der Waals surface area contributed by atoms with Crippen molar-refractivity contribution in [1.82, 2.24) is 4.90 Å². The number of hydrogen-bond acceptors (Lipinski definition) is 6. The summed E-state index contributed by atoms with van der Waals surface area (Å²) in [6.45, 7) is -0.0646. The zero-order valence-electron chi connectivity index (χ0n) is 15.7. The van der Waals surface area contributed by atoms with Gasteiger partial charge in [-0.15, -0.1) is 0 Å². The van der Waals surface area contributed by atoms with Crippen LogP contribution < -0.4 is 5.73 Å². The van der Waals surface area contributed by atoms with Crippen LogP contribution in [0, 0.1) is 10.1 Å². The molecule has 1 aliphatic heterocycles. The molecule has 0 aliphatic carbocycles. The number of primary amides is 1. The summed E-state index contributed by atoms with van der Waals surface area (Å²) in [4.78, 5) is 48.1. The second-order valence-corrected chi connectivity index (χ2v) is 6.82. The fourth-order valence-corrected chi connectivity index (χ4v) is 3.65. The molecule has 0 bridgehead atoms. The SMILES string of the molecule is NC(=O)CC(c1cccc([N+](=O)[O-])c1)C(C(=O)O)N1C(=O)OC[C@@H]1c1ccccc1. The third-order valence-electron chi connectivity index (χ3n) is 4.96. The molecule has 156 valence electrons. The molecule has 2 aromatic rings. The number of nitrogens with zero attached hydrogens (tertiary/aromatic N) is 2. The van der Waals surface area contributed by atoms with Crippen LogP contribution in [0.2, 0.25) is 0 Å². The van der Waals surface area contributed by atoms with Gasteiger partial charge in [0.1, 0.15) is 12.6 Å². The van der Waals surface area contributed by atoms with Crippen molar-refractivity contribution in [3.05, 3.63) is 75.8 Å². The minimum atomic E-state index is -1.53. The average molecular weight is 413 g/mol. The van der Waals surface area contributed by atoms with Gasteiger partial charge in [0.15, 0.2) is 0 Å². The fourth-order valence-electron chi connectivity index (χ4n) is 3.65. The van der Waals surface area contributed by atoms with Gasteiger partial charge in [-0.05, 0) is 11.1 Å². The van der Waals surface area contributed by atoms with Crippen LogP contribution in [-0.2, 0) is 14.3 Å². The maximum atomic E-state index is 12.5. The Morgan fingerprint density at radius 2 is 1.93 bits per heavy atom. The van der Waals surface area contributed by atoms with Crippen LogP contribution in [0.5, 0.6) is 0 Å². The van der Waals surface area contributed by atoms with Crippen LogP contribution in [0.25, 0.3) is 0 Å². The Morgan fingerprint density at radius 1 is 1.23 bits per heavy atom. The molecule has 1 saturated heterocycles. The molecule has 10 nitrogen and oxygen atoms in total. The number of nitrogens with two attached hydrogens (primary N) is 1. The van der Waals surface area contributed by atoms with E-state index in [2.05, 4.69) is 0 Å². The number of non-ortho nitro benzene ring substituents is 1. The summed E-state index contributed by atoms with van der Waals surface area (Å²) in [5, 5.41) is 21.2. The number of nitro benzene ring substituents is 1. The molecule has 0 spiro atoms. The molecule has 30 heavy (non-hydrogen) atoms. The summed E-state index contributed by atoms with van der Waals surface area (Å²) < 4.78 is 5.12. The highest BCUT2D eigenvalue weighted by Crippen LogP contribution is 2.37. The largest absolute Gasteiger partial charge is 0.480 e. The van der Waals surface area contributed by atoms with Crippen LogP contribution in [0.3, 0.4) is 0 Å². The average Bonchev–Trinajstić information content (AvgIpc) is 3.09. The molecule has 10 heteroatoms. The van der Waals surface area contributed by atoms with Gasteiger partial charge < -0.3 is 15.6 Å². The number of carbonyl (C=O) groups excluding carboxylic acids is 2. The summed E-state index contributed by atoms with van der Waals surface area (Å²) in [5.74, 6) is -3.30. The van der Waals surface area contributed by atoms with Gasteiger partial charge in [0.05, 0.1) is 11.0 Å². The van der Waals surface area contributed by atoms with E-state index in [1.54, 1.807) is 30.3 Å². The molecule has 1 heterocycles. The van der Waals surface area contributed by atoms with Gasteiger partial charge in [-0.1, -0.05) is 42.5 Å². The highest BCUT2D eigenvalue weighted by Gasteiger charge is 2.46. The number of rotatable bonds is 8. The first-order valence-electron chi connectivity index (χ1n) is 9.05. The summed E-state index contributed by atoms with van der Waals surface area (Å²) in [6.07, 6.45) is -1.28. The van der Waals surface area contributed by atoms with Crippen molar-refractivity contribution >= 4 is 23.7 Å². The van der Waals surface area contributed by atoms with Crippen molar-refractivity contribution < 1.29 is 29.2 Å². The second-order valence-electron chi connectivity index (χ2n) is 6.82. The lowest BCUT2D eigenvalue weighted by atomic mass is 9.86. The van der Waals surface area contributed by atoms with Crippen LogP contribution in [0.1, 0.15) is 29.5 Å². The lowest BCUT2D eigenvalue weighted by Crippen LogP contribution is -2.47. The highest BCUT2D eigenvalue weighted by molar-refractivity contribution is 5.84. The summed E-state index contributed by atoms with van der Waals surface area (Å²) in [6, 6.07) is 11.8. The molecular formula is C20H19N3O7. The molecule has 0 aromatic heterocycles. The van der Waals surface area contributed by atoms with Gasteiger partial charge in [0, 0.05) is 24.5 Å². The predicted octanol–water partition coefficient (Wildman–Crippen LogP) is 2.20. The topological polar surface area (TPSA) is 153 Å². The van der Waals surface area contributed by atoms with Crippen molar-refractivity contribution in [3.8, 4) is 0 Å². The highest BCUT2D eigenvalue weighted by atomic mass is 16.6. The van der Waals surface area contributed by atoms with Gasteiger partial charge in [0.2, 0.25) is 5.91 Å².